The normalized spacial score (nSPS) is 10.3. The van der Waals surface area contributed by atoms with E-state index in [1.807, 2.05) is 6.92 Å². The molecule has 0 aliphatic rings. The fourth-order valence-corrected chi connectivity index (χ4v) is 2.07. The van der Waals surface area contributed by atoms with Crippen LogP contribution in [0, 0.1) is 6.92 Å². The van der Waals surface area contributed by atoms with Crippen LogP contribution >= 0.6 is 0 Å². The van der Waals surface area contributed by atoms with Crippen molar-refractivity contribution < 1.29 is 14.6 Å². The van der Waals surface area contributed by atoms with Crippen LogP contribution in [0.15, 0.2) is 24.4 Å². The summed E-state index contributed by atoms with van der Waals surface area (Å²) in [6.07, 6.45) is 1.75. The molecule has 0 spiro atoms. The summed E-state index contributed by atoms with van der Waals surface area (Å²) in [7, 11) is 1.58. The van der Waals surface area contributed by atoms with Crippen LogP contribution in [0.5, 0.6) is 11.5 Å². The number of ether oxygens (including phenoxy) is 1. The largest absolute Gasteiger partial charge is 0.508 e. The molecule has 0 bridgehead atoms. The second-order valence-electron chi connectivity index (χ2n) is 4.61. The summed E-state index contributed by atoms with van der Waals surface area (Å²) in [5, 5.41) is 13.0. The molecule has 1 aromatic heterocycles. The average Bonchev–Trinajstić information content (AvgIpc) is 2.79. The van der Waals surface area contributed by atoms with Crippen molar-refractivity contribution in [1.29, 1.82) is 0 Å². The molecule has 2 rings (SSSR count). The molecular formula is C15H18N2O3. The number of methoxy groups -OCH3 is 1. The summed E-state index contributed by atoms with van der Waals surface area (Å²) in [5.41, 5.74) is 3.05. The molecule has 106 valence electrons. The van der Waals surface area contributed by atoms with Gasteiger partial charge in [-0.15, -0.1) is 0 Å². The van der Waals surface area contributed by atoms with Crippen molar-refractivity contribution >= 4 is 11.5 Å². The van der Waals surface area contributed by atoms with E-state index in [9.17, 15) is 9.90 Å². The average molecular weight is 274 g/mol. The van der Waals surface area contributed by atoms with E-state index in [1.165, 1.54) is 6.92 Å². The number of aromatic amines is 1. The topological polar surface area (TPSA) is 74.3 Å². The van der Waals surface area contributed by atoms with Crippen LogP contribution in [0.3, 0.4) is 0 Å². The molecule has 0 aliphatic heterocycles. The van der Waals surface area contributed by atoms with Crippen LogP contribution in [0.2, 0.25) is 0 Å². The van der Waals surface area contributed by atoms with Crippen LogP contribution in [0.1, 0.15) is 28.5 Å². The van der Waals surface area contributed by atoms with Crippen molar-refractivity contribution in [2.45, 2.75) is 20.4 Å². The number of carbonyl (C=O) groups excluding carboxylic acids is 1. The van der Waals surface area contributed by atoms with E-state index in [0.717, 1.165) is 16.8 Å². The molecule has 3 N–H and O–H groups in total. The summed E-state index contributed by atoms with van der Waals surface area (Å²) >= 11 is 0. The smallest absolute Gasteiger partial charge is 0.176 e. The van der Waals surface area contributed by atoms with Crippen molar-refractivity contribution in [2.24, 2.45) is 0 Å². The van der Waals surface area contributed by atoms with Gasteiger partial charge in [0.1, 0.15) is 11.5 Å². The van der Waals surface area contributed by atoms with Crippen LogP contribution < -0.4 is 10.1 Å². The Labute approximate surface area is 117 Å². The Morgan fingerprint density at radius 2 is 2.20 bits per heavy atom. The van der Waals surface area contributed by atoms with Crippen LogP contribution in [-0.2, 0) is 6.54 Å². The maximum Gasteiger partial charge on any atom is 0.176 e. The highest BCUT2D eigenvalue weighted by atomic mass is 16.5. The molecule has 0 unspecified atom stereocenters. The lowest BCUT2D eigenvalue weighted by molar-refractivity contribution is 0.101. The number of hydrogen-bond acceptors (Lipinski definition) is 4. The first kappa shape index (κ1) is 14.0. The predicted octanol–water partition coefficient (Wildman–Crippen LogP) is 2.85. The van der Waals surface area contributed by atoms with Crippen molar-refractivity contribution in [1.82, 2.24) is 4.98 Å². The summed E-state index contributed by atoms with van der Waals surface area (Å²) in [5.74, 6) is 0.896. The minimum Gasteiger partial charge on any atom is -0.508 e. The molecule has 0 amide bonds. The molecule has 0 atom stereocenters. The number of H-pyrrole nitrogens is 1. The molecular weight excluding hydrogens is 256 g/mol. The van der Waals surface area contributed by atoms with Crippen molar-refractivity contribution in [3.63, 3.8) is 0 Å². The van der Waals surface area contributed by atoms with E-state index in [1.54, 1.807) is 31.5 Å². The second kappa shape index (κ2) is 5.69. The molecule has 2 aromatic rings. The number of Topliss-reactive ketones (excluding diaryl/α,β-unsaturated/α-hetero) is 1. The highest BCUT2D eigenvalue weighted by Crippen LogP contribution is 2.25. The van der Waals surface area contributed by atoms with Gasteiger partial charge in [0.05, 0.1) is 18.5 Å². The van der Waals surface area contributed by atoms with Gasteiger partial charge < -0.3 is 20.1 Å². The number of rotatable bonds is 5. The Kier molecular flexibility index (Phi) is 3.98. The predicted molar refractivity (Wildman–Crippen MR) is 77.5 cm³/mol. The van der Waals surface area contributed by atoms with Gasteiger partial charge in [-0.3, -0.25) is 4.79 Å². The fourth-order valence-electron chi connectivity index (χ4n) is 2.07. The number of benzene rings is 1. The summed E-state index contributed by atoms with van der Waals surface area (Å²) in [4.78, 5) is 14.3. The maximum absolute atomic E-state index is 11.4. The van der Waals surface area contributed by atoms with Crippen molar-refractivity contribution in [3.05, 3.63) is 41.2 Å². The minimum atomic E-state index is -0.000206. The van der Waals surface area contributed by atoms with Gasteiger partial charge in [-0.1, -0.05) is 0 Å². The molecule has 1 heterocycles. The first-order valence-corrected chi connectivity index (χ1v) is 6.31. The van der Waals surface area contributed by atoms with Gasteiger partial charge in [0, 0.05) is 30.8 Å². The number of phenolic OH excluding ortho intramolecular Hbond substituents is 1. The Morgan fingerprint density at radius 1 is 1.45 bits per heavy atom. The summed E-state index contributed by atoms with van der Waals surface area (Å²) < 4.78 is 5.13. The van der Waals surface area contributed by atoms with E-state index in [4.69, 9.17) is 4.74 Å². The summed E-state index contributed by atoms with van der Waals surface area (Å²) in [6, 6.07) is 5.07. The highest BCUT2D eigenvalue weighted by molar-refractivity contribution is 5.95. The molecule has 0 aliphatic carbocycles. The van der Waals surface area contributed by atoms with Gasteiger partial charge in [0.15, 0.2) is 5.78 Å². The van der Waals surface area contributed by atoms with Gasteiger partial charge in [-0.05, 0) is 25.1 Å². The number of aromatic nitrogens is 1. The van der Waals surface area contributed by atoms with Gasteiger partial charge in [0.25, 0.3) is 0 Å². The van der Waals surface area contributed by atoms with E-state index >= 15 is 0 Å². The Morgan fingerprint density at radius 3 is 2.80 bits per heavy atom. The Hall–Kier alpha value is -2.43. The van der Waals surface area contributed by atoms with E-state index in [-0.39, 0.29) is 11.5 Å². The molecule has 5 nitrogen and oxygen atoms in total. The lowest BCUT2D eigenvalue weighted by atomic mass is 10.1. The highest BCUT2D eigenvalue weighted by Gasteiger charge is 2.11. The molecule has 0 radical (unpaired) electrons. The lowest BCUT2D eigenvalue weighted by Crippen LogP contribution is -2.01. The Bertz CT molecular complexity index is 632. The number of phenols is 1. The quantitative estimate of drug-likeness (QED) is 0.733. The summed E-state index contributed by atoms with van der Waals surface area (Å²) in [6.45, 7) is 3.84. The third-order valence-corrected chi connectivity index (χ3v) is 3.25. The number of anilines is 1. The third kappa shape index (κ3) is 2.77. The lowest BCUT2D eigenvalue weighted by Gasteiger charge is -2.09. The second-order valence-corrected chi connectivity index (χ2v) is 4.61. The van der Waals surface area contributed by atoms with Gasteiger partial charge >= 0.3 is 0 Å². The first-order valence-electron chi connectivity index (χ1n) is 6.31. The monoisotopic (exact) mass is 274 g/mol. The number of hydrogen-bond donors (Lipinski definition) is 3. The third-order valence-electron chi connectivity index (χ3n) is 3.25. The first-order chi connectivity index (χ1) is 9.52. The molecule has 1 aromatic carbocycles. The zero-order valence-electron chi connectivity index (χ0n) is 11.8. The van der Waals surface area contributed by atoms with Crippen molar-refractivity contribution in [2.75, 3.05) is 12.4 Å². The Balaban J connectivity index is 2.15. The molecule has 0 saturated carbocycles. The molecule has 0 fully saturated rings. The van der Waals surface area contributed by atoms with E-state index < -0.39 is 0 Å². The standard InChI is InChI=1S/C15H18N2O3/c1-9-13(8-17-15(9)10(2)18)16-7-11-6-12(20-3)4-5-14(11)19/h4-6,8,16-17,19H,7H2,1-3H3. The van der Waals surface area contributed by atoms with Gasteiger partial charge in [-0.2, -0.15) is 0 Å². The zero-order valence-corrected chi connectivity index (χ0v) is 11.8. The zero-order chi connectivity index (χ0) is 14.7. The van der Waals surface area contributed by atoms with Crippen LogP contribution in [0.25, 0.3) is 0 Å². The molecule has 20 heavy (non-hydrogen) atoms. The number of carbonyl (C=O) groups is 1. The number of aromatic hydroxyl groups is 1. The SMILES string of the molecule is COc1ccc(O)c(CNc2c[nH]c(C(C)=O)c2C)c1. The van der Waals surface area contributed by atoms with E-state index in [2.05, 4.69) is 10.3 Å². The minimum absolute atomic E-state index is 0.000206. The number of nitrogens with one attached hydrogen (secondary N) is 2. The van der Waals surface area contributed by atoms with Gasteiger partial charge in [-0.25, -0.2) is 0 Å². The molecule has 0 saturated heterocycles. The fraction of sp³-hybridized carbons (Fsp3) is 0.267. The van der Waals surface area contributed by atoms with E-state index in [0.29, 0.717) is 18.0 Å². The molecule has 5 heteroatoms. The van der Waals surface area contributed by atoms with Crippen LogP contribution in [0.4, 0.5) is 5.69 Å². The maximum atomic E-state index is 11.4. The number of ketones is 1. The van der Waals surface area contributed by atoms with Gasteiger partial charge in [0.2, 0.25) is 0 Å². The van der Waals surface area contributed by atoms with Crippen molar-refractivity contribution in [3.8, 4) is 11.5 Å². The van der Waals surface area contributed by atoms with Crippen LogP contribution in [-0.4, -0.2) is 23.0 Å².